The molecule has 100 valence electrons. The van der Waals surface area contributed by atoms with E-state index in [1.165, 1.54) is 0 Å². The largest absolute Gasteiger partial charge is 0.452 e. The van der Waals surface area contributed by atoms with Gasteiger partial charge in [-0.05, 0) is 37.6 Å². The van der Waals surface area contributed by atoms with Gasteiger partial charge < -0.3 is 4.42 Å². The highest BCUT2D eigenvalue weighted by atomic mass is 79.9. The van der Waals surface area contributed by atoms with E-state index in [9.17, 15) is 4.79 Å². The van der Waals surface area contributed by atoms with Crippen molar-refractivity contribution < 1.29 is 9.21 Å². The van der Waals surface area contributed by atoms with Crippen LogP contribution >= 0.6 is 15.9 Å². The number of halogens is 1. The van der Waals surface area contributed by atoms with Crippen LogP contribution in [0, 0.1) is 13.8 Å². The van der Waals surface area contributed by atoms with Crippen molar-refractivity contribution in [3.8, 4) is 0 Å². The maximum atomic E-state index is 12.4. The van der Waals surface area contributed by atoms with E-state index in [-0.39, 0.29) is 5.78 Å². The molecule has 0 aliphatic carbocycles. The molecule has 0 unspecified atom stereocenters. The van der Waals surface area contributed by atoms with E-state index in [0.29, 0.717) is 11.3 Å². The Morgan fingerprint density at radius 2 is 1.75 bits per heavy atom. The molecule has 3 heteroatoms. The Bertz CT molecular complexity index is 798. The molecule has 0 saturated carbocycles. The van der Waals surface area contributed by atoms with Crippen LogP contribution < -0.4 is 0 Å². The fraction of sp³-hybridized carbons (Fsp3) is 0.118. The summed E-state index contributed by atoms with van der Waals surface area (Å²) in [5.41, 5.74) is 3.55. The fourth-order valence-corrected chi connectivity index (χ4v) is 2.83. The lowest BCUT2D eigenvalue weighted by atomic mass is 10.1. The second-order valence-electron chi connectivity index (χ2n) is 4.95. The van der Waals surface area contributed by atoms with Crippen LogP contribution in [0.2, 0.25) is 0 Å². The van der Waals surface area contributed by atoms with Gasteiger partial charge >= 0.3 is 0 Å². The van der Waals surface area contributed by atoms with Crippen LogP contribution in [-0.4, -0.2) is 5.78 Å². The second-order valence-corrected chi connectivity index (χ2v) is 5.86. The highest BCUT2D eigenvalue weighted by Crippen LogP contribution is 2.28. The molecule has 0 bridgehead atoms. The van der Waals surface area contributed by atoms with Crippen LogP contribution in [0.15, 0.2) is 51.4 Å². The van der Waals surface area contributed by atoms with Crippen LogP contribution in [0.1, 0.15) is 27.2 Å². The molecule has 0 atom stereocenters. The first kappa shape index (κ1) is 13.1. The number of ketones is 1. The molecule has 0 N–H and O–H groups in total. The second kappa shape index (κ2) is 4.91. The summed E-state index contributed by atoms with van der Waals surface area (Å²) < 4.78 is 6.71. The molecule has 3 aromatic rings. The van der Waals surface area contributed by atoms with E-state index < -0.39 is 0 Å². The average Bonchev–Trinajstić information content (AvgIpc) is 2.83. The Labute approximate surface area is 125 Å². The highest BCUT2D eigenvalue weighted by Gasteiger charge is 2.15. The summed E-state index contributed by atoms with van der Waals surface area (Å²) in [6, 6.07) is 13.2. The monoisotopic (exact) mass is 328 g/mol. The molecule has 20 heavy (non-hydrogen) atoms. The third-order valence-corrected chi connectivity index (χ3v) is 3.76. The van der Waals surface area contributed by atoms with Gasteiger partial charge in [-0.1, -0.05) is 45.8 Å². The average molecular weight is 329 g/mol. The third kappa shape index (κ3) is 2.29. The number of aryl methyl sites for hydroxylation is 2. The van der Waals surface area contributed by atoms with E-state index in [1.807, 2.05) is 50.2 Å². The zero-order valence-corrected chi connectivity index (χ0v) is 12.8. The van der Waals surface area contributed by atoms with Crippen molar-refractivity contribution in [2.75, 3.05) is 0 Å². The Hall–Kier alpha value is -1.87. The van der Waals surface area contributed by atoms with E-state index in [0.717, 1.165) is 26.6 Å². The first-order valence-electron chi connectivity index (χ1n) is 6.35. The lowest BCUT2D eigenvalue weighted by Gasteiger charge is -1.98. The van der Waals surface area contributed by atoms with Gasteiger partial charge in [0.25, 0.3) is 0 Å². The topological polar surface area (TPSA) is 30.2 Å². The van der Waals surface area contributed by atoms with E-state index >= 15 is 0 Å². The molecular weight excluding hydrogens is 316 g/mol. The minimum atomic E-state index is -0.0864. The van der Waals surface area contributed by atoms with Gasteiger partial charge in [0, 0.05) is 15.4 Å². The Morgan fingerprint density at radius 3 is 2.45 bits per heavy atom. The standard InChI is InChI=1S/C17H13BrO2/c1-10-3-5-12(6-4-10)16(19)15-9-13-8-14(18)7-11(2)17(13)20-15/h3-9H,1-2H3. The minimum absolute atomic E-state index is 0.0864. The van der Waals surface area contributed by atoms with Crippen molar-refractivity contribution in [1.29, 1.82) is 0 Å². The number of fused-ring (bicyclic) bond motifs is 1. The molecule has 2 aromatic carbocycles. The smallest absolute Gasteiger partial charge is 0.228 e. The summed E-state index contributed by atoms with van der Waals surface area (Å²) >= 11 is 3.46. The maximum absolute atomic E-state index is 12.4. The van der Waals surface area contributed by atoms with Gasteiger partial charge in [-0.15, -0.1) is 0 Å². The Balaban J connectivity index is 2.08. The van der Waals surface area contributed by atoms with Crippen molar-refractivity contribution in [2.24, 2.45) is 0 Å². The van der Waals surface area contributed by atoms with Crippen LogP contribution in [-0.2, 0) is 0 Å². The van der Waals surface area contributed by atoms with E-state index in [2.05, 4.69) is 15.9 Å². The molecule has 2 nitrogen and oxygen atoms in total. The summed E-state index contributed by atoms with van der Waals surface area (Å²) in [5, 5.41) is 0.937. The zero-order valence-electron chi connectivity index (χ0n) is 11.2. The molecule has 3 rings (SSSR count). The molecular formula is C17H13BrO2. The summed E-state index contributed by atoms with van der Waals surface area (Å²) in [6.07, 6.45) is 0. The molecule has 1 heterocycles. The molecule has 0 fully saturated rings. The molecule has 0 radical (unpaired) electrons. The summed E-state index contributed by atoms with van der Waals surface area (Å²) in [5.74, 6) is 0.293. The predicted octanol–water partition coefficient (Wildman–Crippen LogP) is 5.04. The minimum Gasteiger partial charge on any atom is -0.452 e. The van der Waals surface area contributed by atoms with Crippen LogP contribution in [0.5, 0.6) is 0 Å². The van der Waals surface area contributed by atoms with Gasteiger partial charge in [0.15, 0.2) is 5.76 Å². The number of benzene rings is 2. The predicted molar refractivity (Wildman–Crippen MR) is 83.3 cm³/mol. The van der Waals surface area contributed by atoms with Gasteiger partial charge in [-0.25, -0.2) is 0 Å². The van der Waals surface area contributed by atoms with E-state index in [4.69, 9.17) is 4.42 Å². The van der Waals surface area contributed by atoms with Crippen molar-refractivity contribution in [3.05, 3.63) is 69.4 Å². The first-order valence-corrected chi connectivity index (χ1v) is 7.15. The van der Waals surface area contributed by atoms with Crippen LogP contribution in [0.25, 0.3) is 11.0 Å². The van der Waals surface area contributed by atoms with Crippen molar-refractivity contribution >= 4 is 32.7 Å². The van der Waals surface area contributed by atoms with Crippen LogP contribution in [0.3, 0.4) is 0 Å². The van der Waals surface area contributed by atoms with E-state index in [1.54, 1.807) is 6.07 Å². The highest BCUT2D eigenvalue weighted by molar-refractivity contribution is 9.10. The maximum Gasteiger partial charge on any atom is 0.228 e. The number of furan rings is 1. The number of carbonyl (C=O) groups is 1. The van der Waals surface area contributed by atoms with Crippen molar-refractivity contribution in [2.45, 2.75) is 13.8 Å². The summed E-state index contributed by atoms with van der Waals surface area (Å²) in [6.45, 7) is 3.97. The SMILES string of the molecule is Cc1ccc(C(=O)c2cc3cc(Br)cc(C)c3o2)cc1. The third-order valence-electron chi connectivity index (χ3n) is 3.30. The normalized spacial score (nSPS) is 10.9. The van der Waals surface area contributed by atoms with Gasteiger partial charge in [0.1, 0.15) is 5.58 Å². The Morgan fingerprint density at radius 1 is 1.05 bits per heavy atom. The zero-order chi connectivity index (χ0) is 14.3. The first-order chi connectivity index (χ1) is 9.54. The van der Waals surface area contributed by atoms with Gasteiger partial charge in [0.05, 0.1) is 0 Å². The number of carbonyl (C=O) groups excluding carboxylic acids is 1. The number of hydrogen-bond donors (Lipinski definition) is 0. The lowest BCUT2D eigenvalue weighted by molar-refractivity contribution is 0.101. The summed E-state index contributed by atoms with van der Waals surface area (Å²) in [7, 11) is 0. The van der Waals surface area contributed by atoms with Crippen LogP contribution in [0.4, 0.5) is 0 Å². The van der Waals surface area contributed by atoms with Gasteiger partial charge in [0.2, 0.25) is 5.78 Å². The molecule has 0 amide bonds. The van der Waals surface area contributed by atoms with Gasteiger partial charge in [-0.2, -0.15) is 0 Å². The molecule has 0 spiro atoms. The molecule has 0 aliphatic rings. The van der Waals surface area contributed by atoms with Gasteiger partial charge in [-0.3, -0.25) is 4.79 Å². The quantitative estimate of drug-likeness (QED) is 0.616. The Kier molecular flexibility index (Phi) is 3.22. The number of rotatable bonds is 2. The van der Waals surface area contributed by atoms with Crippen molar-refractivity contribution in [1.82, 2.24) is 0 Å². The summed E-state index contributed by atoms with van der Waals surface area (Å²) in [4.78, 5) is 12.4. The molecule has 0 aliphatic heterocycles. The molecule has 1 aromatic heterocycles. The van der Waals surface area contributed by atoms with Crippen molar-refractivity contribution in [3.63, 3.8) is 0 Å². The fourth-order valence-electron chi connectivity index (χ4n) is 2.24. The lowest BCUT2D eigenvalue weighted by Crippen LogP contribution is -1.98. The molecule has 0 saturated heterocycles. The number of hydrogen-bond acceptors (Lipinski definition) is 2.